The van der Waals surface area contributed by atoms with E-state index in [4.69, 9.17) is 11.6 Å². The smallest absolute Gasteiger partial charge is 0.332 e. The number of piperazine rings is 1. The zero-order chi connectivity index (χ0) is 23.4. The summed E-state index contributed by atoms with van der Waals surface area (Å²) < 4.78 is 2.37. The lowest BCUT2D eigenvalue weighted by Crippen LogP contribution is -2.52. The van der Waals surface area contributed by atoms with E-state index in [1.54, 1.807) is 31.3 Å². The topological polar surface area (TPSA) is 117 Å². The molecule has 1 aromatic carbocycles. The predicted octanol–water partition coefficient (Wildman–Crippen LogP) is 0.0678. The Kier molecular flexibility index (Phi) is 5.09. The third-order valence-electron chi connectivity index (χ3n) is 6.33. The number of aromatic amines is 1. The Balaban J connectivity index is 1.33. The van der Waals surface area contributed by atoms with Crippen molar-refractivity contribution in [1.82, 2.24) is 24.0 Å². The quantitative estimate of drug-likeness (QED) is 0.537. The molecular weight excluding hydrogens is 450 g/mol. The molecule has 172 valence electrons. The van der Waals surface area contributed by atoms with Crippen LogP contribution in [0.25, 0.3) is 11.2 Å². The Morgan fingerprint density at radius 3 is 2.45 bits per heavy atom. The monoisotopic (exact) mass is 471 g/mol. The van der Waals surface area contributed by atoms with Gasteiger partial charge in [-0.25, -0.2) is 9.69 Å². The second kappa shape index (κ2) is 7.85. The molecule has 12 heteroatoms. The number of imide groups is 1. The fourth-order valence-corrected chi connectivity index (χ4v) is 4.68. The summed E-state index contributed by atoms with van der Waals surface area (Å²) in [5, 5.41) is 0.461. The number of nitrogens with zero attached hydrogens (tertiary/aromatic N) is 6. The number of imidazole rings is 1. The molecule has 2 fully saturated rings. The first-order valence-corrected chi connectivity index (χ1v) is 10.9. The summed E-state index contributed by atoms with van der Waals surface area (Å²) in [7, 11) is 3.00. The van der Waals surface area contributed by atoms with Gasteiger partial charge in [-0.05, 0) is 18.2 Å². The molecule has 0 saturated carbocycles. The minimum Gasteiger partial charge on any atom is -0.340 e. The van der Waals surface area contributed by atoms with Crippen LogP contribution in [0.4, 0.5) is 11.6 Å². The number of amides is 2. The molecule has 0 bridgehead atoms. The number of fused-ring (bicyclic) bond motifs is 1. The molecule has 33 heavy (non-hydrogen) atoms. The summed E-state index contributed by atoms with van der Waals surface area (Å²) in [4.78, 5) is 62.9. The second-order valence-corrected chi connectivity index (χ2v) is 8.69. The van der Waals surface area contributed by atoms with Crippen molar-refractivity contribution in [2.45, 2.75) is 12.5 Å². The van der Waals surface area contributed by atoms with E-state index in [2.05, 4.69) is 9.97 Å². The van der Waals surface area contributed by atoms with Crippen LogP contribution in [-0.2, 0) is 23.7 Å². The van der Waals surface area contributed by atoms with Crippen molar-refractivity contribution in [3.05, 3.63) is 50.1 Å². The molecule has 3 aromatic rings. The zero-order valence-corrected chi connectivity index (χ0v) is 18.9. The zero-order valence-electron chi connectivity index (χ0n) is 18.1. The van der Waals surface area contributed by atoms with Gasteiger partial charge in [0, 0.05) is 45.3 Å². The number of carbonyl (C=O) groups excluding carboxylic acids is 2. The Hall–Kier alpha value is -3.44. The third-order valence-corrected chi connectivity index (χ3v) is 6.56. The van der Waals surface area contributed by atoms with Crippen molar-refractivity contribution < 1.29 is 9.59 Å². The van der Waals surface area contributed by atoms with Gasteiger partial charge in [0.2, 0.25) is 11.9 Å². The number of halogens is 1. The molecule has 2 saturated heterocycles. The first kappa shape index (κ1) is 21.4. The second-order valence-electron chi connectivity index (χ2n) is 8.25. The standard InChI is InChI=1S/C21H22ClN7O4/c1-25-17-16(19(32)26(2)21(25)33)23-20(24-17)28-8-6-27(7-9-28)14-11-15(30)29(18(14)31)13-5-3-4-12(22)10-13/h3-5,10,14H,6-9,11H2,1-2H3,(H,23,24). The van der Waals surface area contributed by atoms with Crippen molar-refractivity contribution in [3.8, 4) is 0 Å². The number of hydrogen-bond donors (Lipinski definition) is 1. The normalized spacial score (nSPS) is 19.8. The van der Waals surface area contributed by atoms with Crippen LogP contribution in [0.5, 0.6) is 0 Å². The van der Waals surface area contributed by atoms with E-state index in [1.165, 1.54) is 16.5 Å². The van der Waals surface area contributed by atoms with Gasteiger partial charge in [0.15, 0.2) is 11.2 Å². The van der Waals surface area contributed by atoms with Gasteiger partial charge in [0.1, 0.15) is 0 Å². The van der Waals surface area contributed by atoms with Gasteiger partial charge in [-0.15, -0.1) is 0 Å². The number of benzene rings is 1. The van der Waals surface area contributed by atoms with E-state index in [0.29, 0.717) is 48.5 Å². The highest BCUT2D eigenvalue weighted by molar-refractivity contribution is 6.31. The molecular formula is C21H22ClN7O4. The highest BCUT2D eigenvalue weighted by Gasteiger charge is 2.43. The van der Waals surface area contributed by atoms with E-state index >= 15 is 0 Å². The van der Waals surface area contributed by atoms with Crippen LogP contribution in [-0.4, -0.2) is 68.0 Å². The Morgan fingerprint density at radius 2 is 1.76 bits per heavy atom. The predicted molar refractivity (Wildman–Crippen MR) is 123 cm³/mol. The van der Waals surface area contributed by atoms with Crippen LogP contribution < -0.4 is 21.0 Å². The van der Waals surface area contributed by atoms with Gasteiger partial charge >= 0.3 is 5.69 Å². The fourth-order valence-electron chi connectivity index (χ4n) is 4.50. The van der Waals surface area contributed by atoms with Crippen LogP contribution in [0.1, 0.15) is 6.42 Å². The average molecular weight is 472 g/mol. The van der Waals surface area contributed by atoms with Gasteiger partial charge in [-0.3, -0.25) is 28.4 Å². The van der Waals surface area contributed by atoms with E-state index in [-0.39, 0.29) is 23.8 Å². The van der Waals surface area contributed by atoms with E-state index in [9.17, 15) is 19.2 Å². The summed E-state index contributed by atoms with van der Waals surface area (Å²) in [5.41, 5.74) is 0.179. The van der Waals surface area contributed by atoms with E-state index < -0.39 is 17.3 Å². The van der Waals surface area contributed by atoms with Crippen LogP contribution >= 0.6 is 11.6 Å². The summed E-state index contributed by atoms with van der Waals surface area (Å²) in [6.07, 6.45) is 0.119. The van der Waals surface area contributed by atoms with Crippen molar-refractivity contribution >= 4 is 46.2 Å². The highest BCUT2D eigenvalue weighted by atomic mass is 35.5. The average Bonchev–Trinajstić information content (AvgIpc) is 3.38. The Bertz CT molecular complexity index is 1400. The van der Waals surface area contributed by atoms with Crippen LogP contribution in [0, 0.1) is 0 Å². The Labute approximate surface area is 192 Å². The largest absolute Gasteiger partial charge is 0.340 e. The number of aryl methyl sites for hydroxylation is 1. The number of carbonyl (C=O) groups is 2. The van der Waals surface area contributed by atoms with E-state index in [0.717, 1.165) is 4.57 Å². The molecule has 1 atom stereocenters. The Morgan fingerprint density at radius 1 is 1.03 bits per heavy atom. The lowest BCUT2D eigenvalue weighted by atomic mass is 10.2. The van der Waals surface area contributed by atoms with Crippen molar-refractivity contribution in [3.63, 3.8) is 0 Å². The molecule has 0 spiro atoms. The van der Waals surface area contributed by atoms with Crippen LogP contribution in [0.2, 0.25) is 5.02 Å². The van der Waals surface area contributed by atoms with Gasteiger partial charge < -0.3 is 9.88 Å². The molecule has 2 aliphatic heterocycles. The molecule has 1 N–H and O–H groups in total. The number of H-pyrrole nitrogens is 1. The van der Waals surface area contributed by atoms with Crippen LogP contribution in [0.15, 0.2) is 33.9 Å². The van der Waals surface area contributed by atoms with Gasteiger partial charge in [0.25, 0.3) is 11.5 Å². The number of aromatic nitrogens is 4. The van der Waals surface area contributed by atoms with Crippen molar-refractivity contribution in [2.75, 3.05) is 36.0 Å². The molecule has 4 heterocycles. The summed E-state index contributed by atoms with van der Waals surface area (Å²) in [5.74, 6) is -0.000906. The van der Waals surface area contributed by atoms with Crippen LogP contribution in [0.3, 0.4) is 0 Å². The maximum Gasteiger partial charge on any atom is 0.332 e. The van der Waals surface area contributed by atoms with Gasteiger partial charge in [-0.1, -0.05) is 17.7 Å². The maximum absolute atomic E-state index is 13.1. The number of hydrogen-bond acceptors (Lipinski definition) is 7. The number of anilines is 2. The first-order valence-electron chi connectivity index (χ1n) is 10.5. The molecule has 1 unspecified atom stereocenters. The minimum atomic E-state index is -0.526. The SMILES string of the molecule is Cn1c(=O)c2[nH]c(N3CCN(C4CC(=O)N(c5cccc(Cl)c5)C4=O)CC3)nc2n(C)c1=O. The molecule has 0 aliphatic carbocycles. The third kappa shape index (κ3) is 3.44. The number of nitrogens with one attached hydrogen (secondary N) is 1. The number of rotatable bonds is 3. The minimum absolute atomic E-state index is 0.119. The molecule has 2 aliphatic rings. The molecule has 0 radical (unpaired) electrons. The lowest BCUT2D eigenvalue weighted by Gasteiger charge is -2.36. The van der Waals surface area contributed by atoms with Gasteiger partial charge in [-0.2, -0.15) is 4.98 Å². The fraction of sp³-hybridized carbons (Fsp3) is 0.381. The molecule has 11 nitrogen and oxygen atoms in total. The maximum atomic E-state index is 13.1. The molecule has 2 amide bonds. The molecule has 5 rings (SSSR count). The summed E-state index contributed by atoms with van der Waals surface area (Å²) in [6, 6.07) is 6.18. The van der Waals surface area contributed by atoms with Crippen molar-refractivity contribution in [2.24, 2.45) is 14.1 Å². The van der Waals surface area contributed by atoms with E-state index in [1.807, 2.05) is 9.80 Å². The van der Waals surface area contributed by atoms with Gasteiger partial charge in [0.05, 0.1) is 18.2 Å². The summed E-state index contributed by atoms with van der Waals surface area (Å²) >= 11 is 6.03. The summed E-state index contributed by atoms with van der Waals surface area (Å²) in [6.45, 7) is 2.18. The lowest BCUT2D eigenvalue weighted by molar-refractivity contribution is -0.123. The van der Waals surface area contributed by atoms with Crippen molar-refractivity contribution in [1.29, 1.82) is 0 Å². The highest BCUT2D eigenvalue weighted by Crippen LogP contribution is 2.28. The molecule has 2 aromatic heterocycles. The first-order chi connectivity index (χ1) is 15.8.